The standard InChI is InChI=1S/C9H17NO4.CH4/c1-9(2,3)5(7(11)12)4-6(10)8(13)14;/h5-6H,4,10H2,1-3H3,(H,11,12)(H,13,14);1H4/t5?,6-;/m1./s1. The third-order valence-electron chi connectivity index (χ3n) is 2.15. The van der Waals surface area contributed by atoms with E-state index in [9.17, 15) is 9.59 Å². The summed E-state index contributed by atoms with van der Waals surface area (Å²) in [5, 5.41) is 17.5. The molecule has 4 N–H and O–H groups in total. The summed E-state index contributed by atoms with van der Waals surface area (Å²) >= 11 is 0. The van der Waals surface area contributed by atoms with Gasteiger partial charge in [-0.15, -0.1) is 0 Å². The molecule has 90 valence electrons. The zero-order chi connectivity index (χ0) is 11.5. The molecule has 0 saturated heterocycles. The highest BCUT2D eigenvalue weighted by Gasteiger charge is 2.34. The van der Waals surface area contributed by atoms with Gasteiger partial charge in [-0.3, -0.25) is 9.59 Å². The third kappa shape index (κ3) is 5.37. The lowest BCUT2D eigenvalue weighted by Gasteiger charge is -2.28. The van der Waals surface area contributed by atoms with Crippen LogP contribution in [-0.4, -0.2) is 28.2 Å². The number of rotatable bonds is 4. The number of carboxylic acid groups (broad SMARTS) is 2. The van der Waals surface area contributed by atoms with E-state index in [1.807, 2.05) is 0 Å². The molecule has 0 heterocycles. The second-order valence-electron chi connectivity index (χ2n) is 4.44. The Bertz CT molecular complexity index is 232. The van der Waals surface area contributed by atoms with E-state index in [-0.39, 0.29) is 13.8 Å². The molecule has 0 fully saturated rings. The number of carboxylic acids is 2. The van der Waals surface area contributed by atoms with Crippen LogP contribution in [0.4, 0.5) is 0 Å². The van der Waals surface area contributed by atoms with Crippen molar-refractivity contribution in [2.45, 2.75) is 40.7 Å². The zero-order valence-corrected chi connectivity index (χ0v) is 8.65. The molecular formula is C10H21NO4. The Kier molecular flexibility index (Phi) is 6.21. The van der Waals surface area contributed by atoms with Crippen molar-refractivity contribution in [3.8, 4) is 0 Å². The van der Waals surface area contributed by atoms with Gasteiger partial charge >= 0.3 is 11.9 Å². The smallest absolute Gasteiger partial charge is 0.320 e. The normalized spacial score (nSPS) is 14.9. The molecule has 0 bridgehead atoms. The van der Waals surface area contributed by atoms with Crippen molar-refractivity contribution in [3.63, 3.8) is 0 Å². The molecule has 0 aromatic heterocycles. The van der Waals surface area contributed by atoms with Crippen molar-refractivity contribution >= 4 is 11.9 Å². The SMILES string of the molecule is C.CC(C)(C)C(C[C@@H](N)C(=O)O)C(=O)O. The predicted octanol–water partition coefficient (Wildman–Crippen LogP) is 1.17. The molecular weight excluding hydrogens is 198 g/mol. The first-order chi connectivity index (χ1) is 6.16. The van der Waals surface area contributed by atoms with Gasteiger partial charge in [0.05, 0.1) is 5.92 Å². The summed E-state index contributed by atoms with van der Waals surface area (Å²) in [6.45, 7) is 5.25. The first kappa shape index (κ1) is 16.3. The van der Waals surface area contributed by atoms with Gasteiger partial charge in [0.25, 0.3) is 0 Å². The summed E-state index contributed by atoms with van der Waals surface area (Å²) in [5.74, 6) is -2.91. The molecule has 1 unspecified atom stereocenters. The van der Waals surface area contributed by atoms with Crippen molar-refractivity contribution in [1.82, 2.24) is 0 Å². The fourth-order valence-electron chi connectivity index (χ4n) is 1.18. The number of carbonyl (C=O) groups is 2. The van der Waals surface area contributed by atoms with Crippen molar-refractivity contribution in [3.05, 3.63) is 0 Å². The van der Waals surface area contributed by atoms with Crippen molar-refractivity contribution in [2.24, 2.45) is 17.1 Å². The van der Waals surface area contributed by atoms with Gasteiger partial charge in [-0.05, 0) is 11.8 Å². The van der Waals surface area contributed by atoms with Crippen LogP contribution in [0.25, 0.3) is 0 Å². The molecule has 0 amide bonds. The first-order valence-electron chi connectivity index (χ1n) is 4.37. The van der Waals surface area contributed by atoms with Crippen LogP contribution >= 0.6 is 0 Å². The first-order valence-corrected chi connectivity index (χ1v) is 4.37. The number of hydrogen-bond donors (Lipinski definition) is 3. The van der Waals surface area contributed by atoms with Crippen LogP contribution in [0, 0.1) is 11.3 Å². The average Bonchev–Trinajstić information content (AvgIpc) is 1.96. The van der Waals surface area contributed by atoms with Crippen LogP contribution in [0.2, 0.25) is 0 Å². The molecule has 0 aliphatic heterocycles. The van der Waals surface area contributed by atoms with Gasteiger partial charge in [-0.25, -0.2) is 0 Å². The molecule has 0 radical (unpaired) electrons. The third-order valence-corrected chi connectivity index (χ3v) is 2.15. The molecule has 0 rings (SSSR count). The lowest BCUT2D eigenvalue weighted by Crippen LogP contribution is -2.39. The van der Waals surface area contributed by atoms with E-state index in [2.05, 4.69) is 0 Å². The molecule has 0 aliphatic rings. The van der Waals surface area contributed by atoms with Crippen LogP contribution in [0.3, 0.4) is 0 Å². The van der Waals surface area contributed by atoms with E-state index in [1.54, 1.807) is 20.8 Å². The fraction of sp³-hybridized carbons (Fsp3) is 0.800. The monoisotopic (exact) mass is 219 g/mol. The topological polar surface area (TPSA) is 101 Å². The zero-order valence-electron chi connectivity index (χ0n) is 8.65. The highest BCUT2D eigenvalue weighted by Crippen LogP contribution is 2.29. The van der Waals surface area contributed by atoms with Gasteiger partial charge < -0.3 is 15.9 Å². The maximum atomic E-state index is 10.9. The van der Waals surface area contributed by atoms with Crippen LogP contribution < -0.4 is 5.73 Å². The van der Waals surface area contributed by atoms with Crippen molar-refractivity contribution in [2.75, 3.05) is 0 Å². The minimum absolute atomic E-state index is 0. The van der Waals surface area contributed by atoms with Gasteiger partial charge in [0.1, 0.15) is 6.04 Å². The Morgan fingerprint density at radius 1 is 1.20 bits per heavy atom. The Balaban J connectivity index is 0. The van der Waals surface area contributed by atoms with Gasteiger partial charge in [0, 0.05) is 0 Å². The van der Waals surface area contributed by atoms with E-state index in [4.69, 9.17) is 15.9 Å². The van der Waals surface area contributed by atoms with E-state index >= 15 is 0 Å². The highest BCUT2D eigenvalue weighted by molar-refractivity contribution is 5.76. The summed E-state index contributed by atoms with van der Waals surface area (Å²) in [6.07, 6.45) is -0.0475. The van der Waals surface area contributed by atoms with Gasteiger partial charge in [0.2, 0.25) is 0 Å². The largest absolute Gasteiger partial charge is 0.481 e. The van der Waals surface area contributed by atoms with Gasteiger partial charge in [-0.2, -0.15) is 0 Å². The van der Waals surface area contributed by atoms with Crippen molar-refractivity contribution < 1.29 is 19.8 Å². The van der Waals surface area contributed by atoms with Crippen LogP contribution in [0.5, 0.6) is 0 Å². The molecule has 2 atom stereocenters. The Morgan fingerprint density at radius 2 is 1.60 bits per heavy atom. The summed E-state index contributed by atoms with van der Waals surface area (Å²) in [5.41, 5.74) is 4.80. The number of hydrogen-bond acceptors (Lipinski definition) is 3. The highest BCUT2D eigenvalue weighted by atomic mass is 16.4. The Labute approximate surface area is 90.3 Å². The molecule has 5 heteroatoms. The number of nitrogens with two attached hydrogens (primary N) is 1. The summed E-state index contributed by atoms with van der Waals surface area (Å²) in [4.78, 5) is 21.3. The second kappa shape index (κ2) is 5.70. The molecule has 0 saturated carbocycles. The van der Waals surface area contributed by atoms with Crippen LogP contribution in [0.1, 0.15) is 34.6 Å². The lowest BCUT2D eigenvalue weighted by molar-refractivity contribution is -0.147. The lowest BCUT2D eigenvalue weighted by atomic mass is 9.77. The maximum absolute atomic E-state index is 10.9. The van der Waals surface area contributed by atoms with Crippen molar-refractivity contribution in [1.29, 1.82) is 0 Å². The molecule has 5 nitrogen and oxygen atoms in total. The summed E-state index contributed by atoms with van der Waals surface area (Å²) in [6, 6.07) is -1.12. The summed E-state index contributed by atoms with van der Waals surface area (Å²) in [7, 11) is 0. The molecule has 0 aliphatic carbocycles. The minimum atomic E-state index is -1.17. The molecule has 15 heavy (non-hydrogen) atoms. The van der Waals surface area contributed by atoms with E-state index < -0.39 is 29.3 Å². The Morgan fingerprint density at radius 3 is 1.80 bits per heavy atom. The molecule has 0 aromatic carbocycles. The van der Waals surface area contributed by atoms with Crippen LogP contribution in [-0.2, 0) is 9.59 Å². The molecule has 0 spiro atoms. The van der Waals surface area contributed by atoms with Gasteiger partial charge in [0.15, 0.2) is 0 Å². The van der Waals surface area contributed by atoms with Gasteiger partial charge in [-0.1, -0.05) is 28.2 Å². The predicted molar refractivity (Wildman–Crippen MR) is 57.5 cm³/mol. The van der Waals surface area contributed by atoms with E-state index in [0.29, 0.717) is 0 Å². The van der Waals surface area contributed by atoms with Crippen LogP contribution in [0.15, 0.2) is 0 Å². The van der Waals surface area contributed by atoms with E-state index in [1.165, 1.54) is 0 Å². The van der Waals surface area contributed by atoms with E-state index in [0.717, 1.165) is 0 Å². The minimum Gasteiger partial charge on any atom is -0.481 e. The fourth-order valence-corrected chi connectivity index (χ4v) is 1.18. The number of aliphatic carboxylic acids is 2. The Hall–Kier alpha value is -1.10. The quantitative estimate of drug-likeness (QED) is 0.659. The molecule has 0 aromatic rings. The average molecular weight is 219 g/mol. The second-order valence-corrected chi connectivity index (χ2v) is 4.44. The maximum Gasteiger partial charge on any atom is 0.320 e. The summed E-state index contributed by atoms with van der Waals surface area (Å²) < 4.78 is 0.